The van der Waals surface area contributed by atoms with Crippen LogP contribution in [0.25, 0.3) is 10.8 Å². The summed E-state index contributed by atoms with van der Waals surface area (Å²) in [6, 6.07) is 11.4. The van der Waals surface area contributed by atoms with Crippen LogP contribution in [0.4, 0.5) is 0 Å². The summed E-state index contributed by atoms with van der Waals surface area (Å²) in [5.74, 6) is 0. The van der Waals surface area contributed by atoms with Gasteiger partial charge in [0.05, 0.1) is 10.1 Å². The van der Waals surface area contributed by atoms with Crippen molar-refractivity contribution in [1.82, 2.24) is 0 Å². The van der Waals surface area contributed by atoms with E-state index >= 15 is 0 Å². The summed E-state index contributed by atoms with van der Waals surface area (Å²) in [5.41, 5.74) is 0.817. The molecule has 0 fully saturated rings. The molecule has 0 spiro atoms. The fourth-order valence-corrected chi connectivity index (χ4v) is 3.45. The molecule has 0 heterocycles. The van der Waals surface area contributed by atoms with Crippen molar-refractivity contribution in [2.24, 2.45) is 0 Å². The summed E-state index contributed by atoms with van der Waals surface area (Å²) in [4.78, 5) is 0.477. The van der Waals surface area contributed by atoms with Crippen molar-refractivity contribution in [2.75, 3.05) is 0 Å². The lowest BCUT2D eigenvalue weighted by Crippen LogP contribution is -2.15. The highest BCUT2D eigenvalue weighted by molar-refractivity contribution is 7.92. The van der Waals surface area contributed by atoms with Crippen LogP contribution < -0.4 is 0 Å². The molecule has 90 valence electrons. The third kappa shape index (κ3) is 1.95. The SMILES string of the molecule is Cc1ccc2ccccc2c1S(=O)(=O)C(C)C. The first kappa shape index (κ1) is 12.1. The molecule has 0 aliphatic carbocycles. The molecule has 3 heteroatoms. The van der Waals surface area contributed by atoms with Crippen molar-refractivity contribution in [2.45, 2.75) is 30.9 Å². The first-order valence-electron chi connectivity index (χ1n) is 5.67. The van der Waals surface area contributed by atoms with Gasteiger partial charge in [-0.3, -0.25) is 0 Å². The average molecular weight is 248 g/mol. The number of benzene rings is 2. The van der Waals surface area contributed by atoms with Crippen molar-refractivity contribution < 1.29 is 8.42 Å². The van der Waals surface area contributed by atoms with E-state index in [0.717, 1.165) is 16.3 Å². The third-order valence-corrected chi connectivity index (χ3v) is 5.33. The molecule has 2 aromatic rings. The minimum Gasteiger partial charge on any atom is -0.223 e. The standard InChI is InChI=1S/C14H16O2S/c1-10(2)17(15,16)14-11(3)8-9-12-6-4-5-7-13(12)14/h4-10H,1-3H3. The van der Waals surface area contributed by atoms with Gasteiger partial charge in [-0.15, -0.1) is 0 Å². The molecule has 0 amide bonds. The molecule has 0 aliphatic rings. The summed E-state index contributed by atoms with van der Waals surface area (Å²) >= 11 is 0. The molecule has 0 radical (unpaired) electrons. The molecule has 0 N–H and O–H groups in total. The van der Waals surface area contributed by atoms with Crippen LogP contribution in [-0.2, 0) is 9.84 Å². The predicted molar refractivity (Wildman–Crippen MR) is 71.0 cm³/mol. The quantitative estimate of drug-likeness (QED) is 0.817. The zero-order valence-corrected chi connectivity index (χ0v) is 11.1. The molecule has 0 saturated heterocycles. The van der Waals surface area contributed by atoms with E-state index in [9.17, 15) is 8.42 Å². The second-order valence-corrected chi connectivity index (χ2v) is 6.97. The second-order valence-electron chi connectivity index (χ2n) is 4.53. The molecule has 0 atom stereocenters. The second kappa shape index (κ2) is 4.15. The Kier molecular flexibility index (Phi) is 2.96. The van der Waals surface area contributed by atoms with E-state index in [4.69, 9.17) is 0 Å². The molecule has 0 aliphatic heterocycles. The van der Waals surface area contributed by atoms with Crippen LogP contribution >= 0.6 is 0 Å². The van der Waals surface area contributed by atoms with Gasteiger partial charge < -0.3 is 0 Å². The highest BCUT2D eigenvalue weighted by Crippen LogP contribution is 2.29. The van der Waals surface area contributed by atoms with Gasteiger partial charge in [0.2, 0.25) is 0 Å². The van der Waals surface area contributed by atoms with E-state index in [1.165, 1.54) is 0 Å². The number of fused-ring (bicyclic) bond motifs is 1. The van der Waals surface area contributed by atoms with Crippen molar-refractivity contribution in [3.63, 3.8) is 0 Å². The van der Waals surface area contributed by atoms with Gasteiger partial charge >= 0.3 is 0 Å². The van der Waals surface area contributed by atoms with Gasteiger partial charge in [-0.05, 0) is 31.7 Å². The summed E-state index contributed by atoms with van der Waals surface area (Å²) in [6.07, 6.45) is 0. The number of hydrogen-bond donors (Lipinski definition) is 0. The minimum atomic E-state index is -3.23. The normalized spacial score (nSPS) is 12.2. The number of sulfone groups is 1. The highest BCUT2D eigenvalue weighted by atomic mass is 32.2. The Bertz CT molecular complexity index is 655. The van der Waals surface area contributed by atoms with Crippen LogP contribution in [0.2, 0.25) is 0 Å². The summed E-state index contributed by atoms with van der Waals surface area (Å²) in [5, 5.41) is 1.39. The van der Waals surface area contributed by atoms with E-state index in [1.54, 1.807) is 13.8 Å². The fourth-order valence-electron chi connectivity index (χ4n) is 1.97. The van der Waals surface area contributed by atoms with E-state index in [2.05, 4.69) is 0 Å². The van der Waals surface area contributed by atoms with Gasteiger partial charge in [0, 0.05) is 5.39 Å². The van der Waals surface area contributed by atoms with Crippen molar-refractivity contribution in [3.8, 4) is 0 Å². The van der Waals surface area contributed by atoms with Crippen LogP contribution in [0.5, 0.6) is 0 Å². The lowest BCUT2D eigenvalue weighted by atomic mass is 10.1. The molecule has 0 unspecified atom stereocenters. The molecule has 0 saturated carbocycles. The minimum absolute atomic E-state index is 0.396. The third-order valence-electron chi connectivity index (χ3n) is 2.98. The number of rotatable bonds is 2. The Balaban J connectivity index is 2.90. The van der Waals surface area contributed by atoms with Crippen molar-refractivity contribution in [3.05, 3.63) is 42.0 Å². The van der Waals surface area contributed by atoms with Crippen LogP contribution in [0.3, 0.4) is 0 Å². The predicted octanol–water partition coefficient (Wildman–Crippen LogP) is 3.33. The smallest absolute Gasteiger partial charge is 0.181 e. The van der Waals surface area contributed by atoms with Crippen LogP contribution in [-0.4, -0.2) is 13.7 Å². The first-order valence-corrected chi connectivity index (χ1v) is 7.21. The number of aryl methyl sites for hydroxylation is 1. The van der Waals surface area contributed by atoms with Crippen LogP contribution in [0.1, 0.15) is 19.4 Å². The van der Waals surface area contributed by atoms with Crippen molar-refractivity contribution in [1.29, 1.82) is 0 Å². The molecule has 2 nitrogen and oxygen atoms in total. The van der Waals surface area contributed by atoms with E-state index in [-0.39, 0.29) is 0 Å². The zero-order valence-electron chi connectivity index (χ0n) is 10.3. The molecular weight excluding hydrogens is 232 g/mol. The van der Waals surface area contributed by atoms with Gasteiger partial charge in [0.15, 0.2) is 9.84 Å². The Hall–Kier alpha value is -1.35. The van der Waals surface area contributed by atoms with Gasteiger partial charge in [0.1, 0.15) is 0 Å². The molecule has 2 aromatic carbocycles. The summed E-state index contributed by atoms with van der Waals surface area (Å²) in [6.45, 7) is 5.29. The Morgan fingerprint density at radius 2 is 1.65 bits per heavy atom. The van der Waals surface area contributed by atoms with Crippen LogP contribution in [0.15, 0.2) is 41.3 Å². The van der Waals surface area contributed by atoms with Crippen molar-refractivity contribution >= 4 is 20.6 Å². The molecule has 0 aromatic heterocycles. The van der Waals surface area contributed by atoms with Gasteiger partial charge in [-0.1, -0.05) is 36.4 Å². The Labute approximate surface area is 102 Å². The maximum Gasteiger partial charge on any atom is 0.181 e. The van der Waals surface area contributed by atoms with E-state index in [1.807, 2.05) is 43.3 Å². The topological polar surface area (TPSA) is 34.1 Å². The maximum atomic E-state index is 12.4. The summed E-state index contributed by atoms with van der Waals surface area (Å²) in [7, 11) is -3.23. The molecule has 0 bridgehead atoms. The Morgan fingerprint density at radius 3 is 2.29 bits per heavy atom. The van der Waals surface area contributed by atoms with E-state index < -0.39 is 15.1 Å². The fraction of sp³-hybridized carbons (Fsp3) is 0.286. The lowest BCUT2D eigenvalue weighted by molar-refractivity contribution is 0.587. The average Bonchev–Trinajstić information content (AvgIpc) is 2.28. The summed E-state index contributed by atoms with van der Waals surface area (Å²) < 4.78 is 24.7. The largest absolute Gasteiger partial charge is 0.223 e. The van der Waals surface area contributed by atoms with Gasteiger partial charge in [-0.2, -0.15) is 0 Å². The maximum absolute atomic E-state index is 12.4. The number of hydrogen-bond acceptors (Lipinski definition) is 2. The zero-order chi connectivity index (χ0) is 12.6. The van der Waals surface area contributed by atoms with Crippen LogP contribution in [0, 0.1) is 6.92 Å². The lowest BCUT2D eigenvalue weighted by Gasteiger charge is -2.13. The Morgan fingerprint density at radius 1 is 1.00 bits per heavy atom. The molecule has 2 rings (SSSR count). The van der Waals surface area contributed by atoms with E-state index in [0.29, 0.717) is 4.90 Å². The monoisotopic (exact) mass is 248 g/mol. The van der Waals surface area contributed by atoms with Gasteiger partial charge in [0.25, 0.3) is 0 Å². The molecular formula is C14H16O2S. The molecule has 17 heavy (non-hydrogen) atoms. The first-order chi connectivity index (χ1) is 7.94. The van der Waals surface area contributed by atoms with Gasteiger partial charge in [-0.25, -0.2) is 8.42 Å². The highest BCUT2D eigenvalue weighted by Gasteiger charge is 2.23.